The highest BCUT2D eigenvalue weighted by molar-refractivity contribution is 7.89. The molecule has 2 aliphatic rings. The van der Waals surface area contributed by atoms with E-state index in [1.807, 2.05) is 0 Å². The first-order valence-corrected chi connectivity index (χ1v) is 13.6. The summed E-state index contributed by atoms with van der Waals surface area (Å²) in [5, 5.41) is 8.06. The number of nitrogens with zero attached hydrogens (tertiary/aromatic N) is 2. The minimum absolute atomic E-state index is 0.0778. The number of fused-ring (bicyclic) bond motifs is 1. The highest BCUT2D eigenvalue weighted by Gasteiger charge is 2.28. The first kappa shape index (κ1) is 26.1. The third-order valence-electron chi connectivity index (χ3n) is 6.69. The number of anilines is 1. The van der Waals surface area contributed by atoms with Crippen LogP contribution in [0.5, 0.6) is 0 Å². The van der Waals surface area contributed by atoms with Crippen molar-refractivity contribution in [2.75, 3.05) is 51.7 Å². The predicted molar refractivity (Wildman–Crippen MR) is 138 cm³/mol. The number of aromatic amines is 1. The number of likely N-dealkylation sites (N-methyl/N-ethyl adjacent to an activating group) is 1. The summed E-state index contributed by atoms with van der Waals surface area (Å²) in [4.78, 5) is 33.5. The van der Waals surface area contributed by atoms with Crippen molar-refractivity contribution >= 4 is 39.2 Å². The van der Waals surface area contributed by atoms with Gasteiger partial charge in [-0.05, 0) is 70.1 Å². The highest BCUT2D eigenvalue weighted by atomic mass is 32.2. The molecular weight excluding hydrogens is 482 g/mol. The van der Waals surface area contributed by atoms with Crippen molar-refractivity contribution in [3.05, 3.63) is 46.3 Å². The molecule has 0 spiro atoms. The van der Waals surface area contributed by atoms with Crippen LogP contribution in [0.2, 0.25) is 0 Å². The smallest absolute Gasteiger partial charge is 0.340 e. The summed E-state index contributed by atoms with van der Waals surface area (Å²) in [7, 11) is -1.82. The van der Waals surface area contributed by atoms with Gasteiger partial charge in [-0.25, -0.2) is 18.4 Å². The zero-order valence-electron chi connectivity index (χ0n) is 20.9. The lowest BCUT2D eigenvalue weighted by atomic mass is 10.00. The molecule has 0 aliphatic carbocycles. The van der Waals surface area contributed by atoms with Crippen molar-refractivity contribution < 1.29 is 22.7 Å². The molecule has 2 aromatic rings. The number of carbonyl (C=O) groups is 2. The van der Waals surface area contributed by atoms with Crippen LogP contribution in [0.1, 0.15) is 46.2 Å². The van der Waals surface area contributed by atoms with Gasteiger partial charge in [-0.1, -0.05) is 0 Å². The molecule has 2 aliphatic heterocycles. The third-order valence-corrected chi connectivity index (χ3v) is 7.60. The Bertz CT molecular complexity index is 1310. The molecule has 1 aromatic heterocycles. The molecule has 3 heterocycles. The lowest BCUT2D eigenvalue weighted by Crippen LogP contribution is -2.44. The molecule has 36 heavy (non-hydrogen) atoms. The molecule has 194 valence electrons. The summed E-state index contributed by atoms with van der Waals surface area (Å²) >= 11 is 0. The number of aryl methyl sites for hydroxylation is 1. The van der Waals surface area contributed by atoms with Gasteiger partial charge in [0.05, 0.1) is 22.6 Å². The number of nitrogens with two attached hydrogens (primary N) is 1. The Hall–Kier alpha value is -2.99. The van der Waals surface area contributed by atoms with Crippen LogP contribution in [-0.2, 0) is 26.0 Å². The summed E-state index contributed by atoms with van der Waals surface area (Å²) in [6.07, 6.45) is 3.13. The predicted octanol–water partition coefficient (Wildman–Crippen LogP) is 1.82. The molecule has 0 radical (unpaired) electrons. The Labute approximate surface area is 211 Å². The van der Waals surface area contributed by atoms with E-state index in [0.717, 1.165) is 44.7 Å². The molecule has 1 fully saturated rings. The maximum absolute atomic E-state index is 12.8. The monoisotopic (exact) mass is 515 g/mol. The van der Waals surface area contributed by atoms with Crippen LogP contribution in [0.4, 0.5) is 5.69 Å². The van der Waals surface area contributed by atoms with Crippen LogP contribution in [0.15, 0.2) is 23.1 Å². The lowest BCUT2D eigenvalue weighted by Gasteiger charge is -2.32. The standard InChI is InChI=1S/C25H33N5O5S/c1-4-35-25(32)23-16(2)27-22(18(23)6-5-9-30-12-10-29(3)11-13-30)15-20-19-14-17(36(26,33)34)7-8-21(19)28-24(20)31/h7-8,14-15,27H,4-6,9-13H2,1-3H3,(H,28,31)(H2,26,33,34). The van der Waals surface area contributed by atoms with Gasteiger partial charge >= 0.3 is 5.97 Å². The van der Waals surface area contributed by atoms with E-state index in [1.54, 1.807) is 19.9 Å². The molecule has 1 amide bonds. The van der Waals surface area contributed by atoms with Crippen LogP contribution < -0.4 is 10.5 Å². The number of benzene rings is 1. The maximum Gasteiger partial charge on any atom is 0.340 e. The van der Waals surface area contributed by atoms with E-state index in [4.69, 9.17) is 9.88 Å². The Kier molecular flexibility index (Phi) is 7.65. The van der Waals surface area contributed by atoms with Crippen molar-refractivity contribution in [3.8, 4) is 0 Å². The zero-order chi connectivity index (χ0) is 26.0. The number of H-pyrrole nitrogens is 1. The van der Waals surface area contributed by atoms with Gasteiger partial charge in [0.25, 0.3) is 5.91 Å². The summed E-state index contributed by atoms with van der Waals surface area (Å²) in [6, 6.07) is 4.27. The first-order valence-electron chi connectivity index (χ1n) is 12.1. The fourth-order valence-electron chi connectivity index (χ4n) is 4.75. The van der Waals surface area contributed by atoms with Crippen molar-refractivity contribution in [1.29, 1.82) is 0 Å². The molecule has 4 N–H and O–H groups in total. The second-order valence-electron chi connectivity index (χ2n) is 9.25. The minimum atomic E-state index is -3.94. The summed E-state index contributed by atoms with van der Waals surface area (Å²) < 4.78 is 29.1. The third kappa shape index (κ3) is 5.54. The van der Waals surface area contributed by atoms with Gasteiger partial charge in [0, 0.05) is 48.8 Å². The van der Waals surface area contributed by atoms with Crippen LogP contribution >= 0.6 is 0 Å². The minimum Gasteiger partial charge on any atom is -0.462 e. The number of piperazine rings is 1. The number of sulfonamides is 1. The van der Waals surface area contributed by atoms with E-state index in [0.29, 0.717) is 40.2 Å². The first-order chi connectivity index (χ1) is 17.1. The van der Waals surface area contributed by atoms with Gasteiger partial charge < -0.3 is 24.8 Å². The van der Waals surface area contributed by atoms with Crippen molar-refractivity contribution in [2.45, 2.75) is 31.6 Å². The second kappa shape index (κ2) is 10.6. The largest absolute Gasteiger partial charge is 0.462 e. The Morgan fingerprint density at radius 2 is 1.94 bits per heavy atom. The van der Waals surface area contributed by atoms with Crippen molar-refractivity contribution in [3.63, 3.8) is 0 Å². The topological polar surface area (TPSA) is 138 Å². The molecule has 0 atom stereocenters. The molecule has 0 bridgehead atoms. The van der Waals surface area contributed by atoms with Crippen LogP contribution in [-0.4, -0.2) is 81.5 Å². The average molecular weight is 516 g/mol. The van der Waals surface area contributed by atoms with E-state index in [9.17, 15) is 18.0 Å². The number of carbonyl (C=O) groups excluding carboxylic acids is 2. The van der Waals surface area contributed by atoms with E-state index in [2.05, 4.69) is 27.1 Å². The number of nitrogens with one attached hydrogen (secondary N) is 2. The normalized spacial score (nSPS) is 17.9. The molecule has 0 saturated carbocycles. The number of hydrogen-bond acceptors (Lipinski definition) is 7. The molecule has 4 rings (SSSR count). The number of amides is 1. The zero-order valence-corrected chi connectivity index (χ0v) is 21.7. The van der Waals surface area contributed by atoms with Gasteiger partial charge in [-0.15, -0.1) is 0 Å². The van der Waals surface area contributed by atoms with Crippen LogP contribution in [0, 0.1) is 6.92 Å². The number of esters is 1. The average Bonchev–Trinajstić information content (AvgIpc) is 3.30. The number of hydrogen-bond donors (Lipinski definition) is 3. The molecule has 10 nitrogen and oxygen atoms in total. The highest BCUT2D eigenvalue weighted by Crippen LogP contribution is 2.36. The maximum atomic E-state index is 12.8. The number of primary sulfonamides is 1. The Balaban J connectivity index is 1.68. The SMILES string of the molecule is CCOC(=O)c1c(C)[nH]c(C=C2C(=O)Nc3ccc(S(N)(=O)=O)cc32)c1CCCN1CCN(C)CC1. The van der Waals surface area contributed by atoms with Gasteiger partial charge in [-0.3, -0.25) is 4.79 Å². The van der Waals surface area contributed by atoms with Crippen molar-refractivity contribution in [2.24, 2.45) is 5.14 Å². The van der Waals surface area contributed by atoms with Crippen molar-refractivity contribution in [1.82, 2.24) is 14.8 Å². The van der Waals surface area contributed by atoms with Gasteiger partial charge in [0.15, 0.2) is 0 Å². The number of rotatable bonds is 8. The van der Waals surface area contributed by atoms with E-state index in [1.165, 1.54) is 18.2 Å². The van der Waals surface area contributed by atoms with Crippen LogP contribution in [0.25, 0.3) is 11.6 Å². The summed E-state index contributed by atoms with van der Waals surface area (Å²) in [6.45, 7) is 8.80. The van der Waals surface area contributed by atoms with Gasteiger partial charge in [0.2, 0.25) is 10.0 Å². The molecule has 11 heteroatoms. The summed E-state index contributed by atoms with van der Waals surface area (Å²) in [5.74, 6) is -0.761. The fourth-order valence-corrected chi connectivity index (χ4v) is 5.29. The van der Waals surface area contributed by atoms with E-state index < -0.39 is 16.0 Å². The fraction of sp³-hybridized carbons (Fsp3) is 0.440. The lowest BCUT2D eigenvalue weighted by molar-refractivity contribution is -0.110. The van der Waals surface area contributed by atoms with Gasteiger partial charge in [0.1, 0.15) is 0 Å². The number of ether oxygens (including phenoxy) is 1. The van der Waals surface area contributed by atoms with Gasteiger partial charge in [-0.2, -0.15) is 0 Å². The van der Waals surface area contributed by atoms with E-state index in [-0.39, 0.29) is 17.4 Å². The number of aromatic nitrogens is 1. The quantitative estimate of drug-likeness (QED) is 0.360. The van der Waals surface area contributed by atoms with E-state index >= 15 is 0 Å². The van der Waals surface area contributed by atoms with Crippen LogP contribution in [0.3, 0.4) is 0 Å². The molecular formula is C25H33N5O5S. The molecule has 1 saturated heterocycles. The Morgan fingerprint density at radius 3 is 2.61 bits per heavy atom. The second-order valence-corrected chi connectivity index (χ2v) is 10.8. The Morgan fingerprint density at radius 1 is 1.22 bits per heavy atom. The molecule has 1 aromatic carbocycles. The summed E-state index contributed by atoms with van der Waals surface area (Å²) in [5.41, 5.74) is 3.81. The molecule has 0 unspecified atom stereocenters.